The zero-order valence-electron chi connectivity index (χ0n) is 11.8. The molecule has 1 aromatic heterocycles. The maximum Gasteiger partial charge on any atom is 0.101 e. The average molecular weight is 288 g/mol. The van der Waals surface area contributed by atoms with Gasteiger partial charge in [0.2, 0.25) is 0 Å². The van der Waals surface area contributed by atoms with Gasteiger partial charge in [-0.25, -0.2) is 4.98 Å². The first-order valence-electron chi connectivity index (χ1n) is 7.08. The molecule has 0 radical (unpaired) electrons. The highest BCUT2D eigenvalue weighted by Gasteiger charge is 2.36. The molecule has 1 saturated heterocycles. The highest BCUT2D eigenvalue weighted by atomic mass is 32.1. The quantitative estimate of drug-likeness (QED) is 0.939. The Morgan fingerprint density at radius 3 is 2.70 bits per heavy atom. The van der Waals surface area contributed by atoms with Crippen molar-refractivity contribution in [3.05, 3.63) is 40.7 Å². The third kappa shape index (κ3) is 2.64. The SMILES string of the molecule is CNCC1(c2nc(-c3ccccc3)cs2)CCOCC1. The van der Waals surface area contributed by atoms with E-state index in [1.54, 1.807) is 11.3 Å². The van der Waals surface area contributed by atoms with E-state index in [9.17, 15) is 0 Å². The molecule has 1 aliphatic rings. The van der Waals surface area contributed by atoms with Gasteiger partial charge in [-0.2, -0.15) is 0 Å². The van der Waals surface area contributed by atoms with Gasteiger partial charge in [-0.3, -0.25) is 0 Å². The minimum Gasteiger partial charge on any atom is -0.381 e. The van der Waals surface area contributed by atoms with E-state index >= 15 is 0 Å². The molecule has 3 nitrogen and oxygen atoms in total. The van der Waals surface area contributed by atoms with Crippen molar-refractivity contribution in [2.45, 2.75) is 18.3 Å². The summed E-state index contributed by atoms with van der Waals surface area (Å²) in [5.74, 6) is 0. The predicted molar refractivity (Wildman–Crippen MR) is 83.2 cm³/mol. The first-order valence-corrected chi connectivity index (χ1v) is 7.96. The molecule has 0 aliphatic carbocycles. The van der Waals surface area contributed by atoms with Crippen LogP contribution in [0.5, 0.6) is 0 Å². The Balaban J connectivity index is 1.91. The van der Waals surface area contributed by atoms with E-state index in [4.69, 9.17) is 9.72 Å². The number of hydrogen-bond acceptors (Lipinski definition) is 4. The number of rotatable bonds is 4. The first-order chi connectivity index (χ1) is 9.84. The number of nitrogens with one attached hydrogen (secondary N) is 1. The van der Waals surface area contributed by atoms with Crippen LogP contribution in [0.3, 0.4) is 0 Å². The van der Waals surface area contributed by atoms with E-state index < -0.39 is 0 Å². The summed E-state index contributed by atoms with van der Waals surface area (Å²) < 4.78 is 5.53. The second-order valence-electron chi connectivity index (χ2n) is 5.33. The van der Waals surface area contributed by atoms with Crippen LogP contribution in [0.25, 0.3) is 11.3 Å². The van der Waals surface area contributed by atoms with Gasteiger partial charge in [-0.1, -0.05) is 30.3 Å². The van der Waals surface area contributed by atoms with Crippen molar-refractivity contribution in [1.29, 1.82) is 0 Å². The zero-order valence-corrected chi connectivity index (χ0v) is 12.6. The summed E-state index contributed by atoms with van der Waals surface area (Å²) in [7, 11) is 2.02. The Hall–Kier alpha value is -1.23. The third-order valence-corrected chi connectivity index (χ3v) is 5.08. The molecule has 106 valence electrons. The molecule has 0 spiro atoms. The van der Waals surface area contributed by atoms with E-state index in [2.05, 4.69) is 35.0 Å². The van der Waals surface area contributed by atoms with Crippen molar-refractivity contribution in [2.75, 3.05) is 26.8 Å². The largest absolute Gasteiger partial charge is 0.381 e. The molecule has 3 rings (SSSR count). The number of aromatic nitrogens is 1. The average Bonchev–Trinajstić information content (AvgIpc) is 3.00. The molecule has 1 N–H and O–H groups in total. The summed E-state index contributed by atoms with van der Waals surface area (Å²) in [4.78, 5) is 4.92. The fraction of sp³-hybridized carbons (Fsp3) is 0.438. The first kappa shape index (κ1) is 13.7. The summed E-state index contributed by atoms with van der Waals surface area (Å²) >= 11 is 1.78. The minimum atomic E-state index is 0.144. The van der Waals surface area contributed by atoms with Crippen LogP contribution in [0, 0.1) is 0 Å². The second kappa shape index (κ2) is 6.04. The van der Waals surface area contributed by atoms with Crippen molar-refractivity contribution >= 4 is 11.3 Å². The van der Waals surface area contributed by atoms with Gasteiger partial charge < -0.3 is 10.1 Å². The van der Waals surface area contributed by atoms with Crippen LogP contribution in [0.4, 0.5) is 0 Å². The van der Waals surface area contributed by atoms with Crippen LogP contribution < -0.4 is 5.32 Å². The topological polar surface area (TPSA) is 34.2 Å². The molecule has 0 amide bonds. The van der Waals surface area contributed by atoms with Crippen molar-refractivity contribution in [1.82, 2.24) is 10.3 Å². The molecule has 2 aromatic rings. The molecule has 0 unspecified atom stereocenters. The van der Waals surface area contributed by atoms with Gasteiger partial charge in [-0.15, -0.1) is 11.3 Å². The summed E-state index contributed by atoms with van der Waals surface area (Å²) in [5.41, 5.74) is 2.43. The smallest absolute Gasteiger partial charge is 0.101 e. The van der Waals surface area contributed by atoms with Crippen molar-refractivity contribution in [3.8, 4) is 11.3 Å². The van der Waals surface area contributed by atoms with Crippen LogP contribution >= 0.6 is 11.3 Å². The Kier molecular flexibility index (Phi) is 4.15. The van der Waals surface area contributed by atoms with Crippen molar-refractivity contribution in [3.63, 3.8) is 0 Å². The number of likely N-dealkylation sites (N-methyl/N-ethyl adjacent to an activating group) is 1. The fourth-order valence-corrected chi connectivity index (χ4v) is 3.91. The maximum atomic E-state index is 5.53. The van der Waals surface area contributed by atoms with Gasteiger partial charge in [0.15, 0.2) is 0 Å². The van der Waals surface area contributed by atoms with E-state index in [0.717, 1.165) is 38.3 Å². The van der Waals surface area contributed by atoms with Crippen LogP contribution in [-0.4, -0.2) is 31.8 Å². The van der Waals surface area contributed by atoms with Crippen LogP contribution in [0.2, 0.25) is 0 Å². The van der Waals surface area contributed by atoms with E-state index in [1.165, 1.54) is 10.6 Å². The summed E-state index contributed by atoms with van der Waals surface area (Å²) in [6.07, 6.45) is 2.10. The number of benzene rings is 1. The summed E-state index contributed by atoms with van der Waals surface area (Å²) in [5, 5.41) is 6.76. The molecule has 0 saturated carbocycles. The lowest BCUT2D eigenvalue weighted by atomic mass is 9.80. The van der Waals surface area contributed by atoms with Crippen LogP contribution in [0.15, 0.2) is 35.7 Å². The highest BCUT2D eigenvalue weighted by Crippen LogP contribution is 2.37. The minimum absolute atomic E-state index is 0.144. The normalized spacial score (nSPS) is 18.1. The Morgan fingerprint density at radius 1 is 1.25 bits per heavy atom. The molecule has 1 fully saturated rings. The number of ether oxygens (including phenoxy) is 1. The Morgan fingerprint density at radius 2 is 2.00 bits per heavy atom. The number of nitrogens with zero attached hydrogens (tertiary/aromatic N) is 1. The highest BCUT2D eigenvalue weighted by molar-refractivity contribution is 7.10. The second-order valence-corrected chi connectivity index (χ2v) is 6.19. The predicted octanol–water partition coefficient (Wildman–Crippen LogP) is 3.08. The summed E-state index contributed by atoms with van der Waals surface area (Å²) in [6, 6.07) is 10.4. The van der Waals surface area contributed by atoms with Gasteiger partial charge >= 0.3 is 0 Å². The lowest BCUT2D eigenvalue weighted by molar-refractivity contribution is 0.0505. The molecule has 1 aliphatic heterocycles. The third-order valence-electron chi connectivity index (χ3n) is 3.99. The van der Waals surface area contributed by atoms with Gasteiger partial charge in [0.1, 0.15) is 5.01 Å². The molecule has 4 heteroatoms. The standard InChI is InChI=1S/C16H20N2OS/c1-17-12-16(7-9-19-10-8-16)15-18-14(11-20-15)13-5-3-2-4-6-13/h2-6,11,17H,7-10,12H2,1H3. The fourth-order valence-electron chi connectivity index (χ4n) is 2.83. The molecule has 0 bridgehead atoms. The van der Waals surface area contributed by atoms with E-state index in [-0.39, 0.29) is 5.41 Å². The Bertz CT molecular complexity index is 541. The van der Waals surface area contributed by atoms with E-state index in [0.29, 0.717) is 0 Å². The van der Waals surface area contributed by atoms with Gasteiger partial charge in [0.25, 0.3) is 0 Å². The monoisotopic (exact) mass is 288 g/mol. The van der Waals surface area contributed by atoms with Gasteiger partial charge in [-0.05, 0) is 19.9 Å². The molecular formula is C16H20N2OS. The van der Waals surface area contributed by atoms with E-state index in [1.807, 2.05) is 13.1 Å². The van der Waals surface area contributed by atoms with Gasteiger partial charge in [0, 0.05) is 36.1 Å². The molecule has 1 aromatic carbocycles. The number of hydrogen-bond donors (Lipinski definition) is 1. The lowest BCUT2D eigenvalue weighted by Gasteiger charge is -2.35. The maximum absolute atomic E-state index is 5.53. The zero-order chi connectivity index (χ0) is 13.8. The van der Waals surface area contributed by atoms with Crippen molar-refractivity contribution < 1.29 is 4.74 Å². The van der Waals surface area contributed by atoms with Crippen LogP contribution in [0.1, 0.15) is 17.8 Å². The molecule has 2 heterocycles. The van der Waals surface area contributed by atoms with Crippen LogP contribution in [-0.2, 0) is 10.2 Å². The summed E-state index contributed by atoms with van der Waals surface area (Å²) in [6.45, 7) is 2.64. The Labute approximate surface area is 124 Å². The van der Waals surface area contributed by atoms with Crippen molar-refractivity contribution in [2.24, 2.45) is 0 Å². The molecule has 20 heavy (non-hydrogen) atoms. The van der Waals surface area contributed by atoms with Gasteiger partial charge in [0.05, 0.1) is 5.69 Å². The molecular weight excluding hydrogens is 268 g/mol. The lowest BCUT2D eigenvalue weighted by Crippen LogP contribution is -2.41. The molecule has 0 atom stereocenters. The number of thiazole rings is 1.